The van der Waals surface area contributed by atoms with E-state index in [1.807, 2.05) is 31.3 Å². The summed E-state index contributed by atoms with van der Waals surface area (Å²) in [7, 11) is 0. The molecule has 146 valence electrons. The highest BCUT2D eigenvalue weighted by atomic mass is 16.5. The van der Waals surface area contributed by atoms with E-state index in [2.05, 4.69) is 17.6 Å². The Hall–Kier alpha value is -3.34. The maximum atomic E-state index is 13.0. The molecule has 1 aliphatic carbocycles. The molecule has 0 amide bonds. The summed E-state index contributed by atoms with van der Waals surface area (Å²) in [6.07, 6.45) is 5.60. The van der Waals surface area contributed by atoms with E-state index in [-0.39, 0.29) is 23.4 Å². The zero-order valence-corrected chi connectivity index (χ0v) is 16.4. The molecule has 5 heteroatoms. The van der Waals surface area contributed by atoms with Crippen molar-refractivity contribution in [3.8, 4) is 11.5 Å². The molecule has 2 aromatic carbocycles. The van der Waals surface area contributed by atoms with Gasteiger partial charge in [0.05, 0.1) is 11.5 Å². The van der Waals surface area contributed by atoms with Crippen LogP contribution in [0.15, 0.2) is 48.4 Å². The monoisotopic (exact) mass is 387 g/mol. The molecule has 0 atom stereocenters. The fraction of sp³-hybridized carbons (Fsp3) is 0.250. The summed E-state index contributed by atoms with van der Waals surface area (Å²) in [6, 6.07) is 11.5. The number of hydrogen-bond acceptors (Lipinski definition) is 4. The van der Waals surface area contributed by atoms with Crippen molar-refractivity contribution < 1.29 is 19.1 Å². The summed E-state index contributed by atoms with van der Waals surface area (Å²) >= 11 is 0. The van der Waals surface area contributed by atoms with E-state index in [9.17, 15) is 9.59 Å². The molecule has 2 aliphatic rings. The lowest BCUT2D eigenvalue weighted by Gasteiger charge is -2.07. The van der Waals surface area contributed by atoms with Gasteiger partial charge in [-0.05, 0) is 50.5 Å². The number of hydrogen-bond donors (Lipinski definition) is 0. The molecule has 1 fully saturated rings. The Labute approximate surface area is 168 Å². The summed E-state index contributed by atoms with van der Waals surface area (Å²) in [4.78, 5) is 24.9. The molecule has 5 nitrogen and oxygen atoms in total. The van der Waals surface area contributed by atoms with Gasteiger partial charge in [-0.25, -0.2) is 0 Å². The largest absolute Gasteiger partial charge is 0.452 e. The van der Waals surface area contributed by atoms with Gasteiger partial charge in [0.25, 0.3) is 0 Å². The number of esters is 1. The van der Waals surface area contributed by atoms with Crippen molar-refractivity contribution in [3.63, 3.8) is 0 Å². The molecule has 0 spiro atoms. The van der Waals surface area contributed by atoms with Gasteiger partial charge in [-0.15, -0.1) is 0 Å². The summed E-state index contributed by atoms with van der Waals surface area (Å²) in [5.74, 6) is 0.807. The Kier molecular flexibility index (Phi) is 4.05. The van der Waals surface area contributed by atoms with Crippen molar-refractivity contribution in [2.24, 2.45) is 5.92 Å². The molecular weight excluding hydrogens is 366 g/mol. The molecule has 0 radical (unpaired) electrons. The topological polar surface area (TPSA) is 57.5 Å². The summed E-state index contributed by atoms with van der Waals surface area (Å²) in [6.45, 7) is 4.76. The number of benzene rings is 2. The molecule has 5 rings (SSSR count). The molecule has 29 heavy (non-hydrogen) atoms. The average molecular weight is 387 g/mol. The number of para-hydroxylation sites is 1. The van der Waals surface area contributed by atoms with Gasteiger partial charge in [0, 0.05) is 35.3 Å². The molecule has 1 saturated carbocycles. The van der Waals surface area contributed by atoms with Crippen molar-refractivity contribution in [1.29, 1.82) is 0 Å². The first-order chi connectivity index (χ1) is 14.0. The van der Waals surface area contributed by atoms with Crippen LogP contribution in [0, 0.1) is 12.8 Å². The lowest BCUT2D eigenvalue weighted by Crippen LogP contribution is -2.10. The van der Waals surface area contributed by atoms with Crippen LogP contribution in [0.5, 0.6) is 11.5 Å². The Morgan fingerprint density at radius 1 is 1.28 bits per heavy atom. The number of ketones is 1. The van der Waals surface area contributed by atoms with E-state index in [0.29, 0.717) is 17.1 Å². The van der Waals surface area contributed by atoms with E-state index >= 15 is 0 Å². The number of rotatable bonds is 4. The van der Waals surface area contributed by atoms with Crippen molar-refractivity contribution in [1.82, 2.24) is 4.57 Å². The van der Waals surface area contributed by atoms with E-state index in [1.165, 1.54) is 0 Å². The van der Waals surface area contributed by atoms with Crippen molar-refractivity contribution in [2.75, 3.05) is 0 Å². The maximum absolute atomic E-state index is 13.0. The van der Waals surface area contributed by atoms with Crippen LogP contribution >= 0.6 is 0 Å². The normalized spacial score (nSPS) is 16.9. The number of aryl methyl sites for hydroxylation is 2. The minimum atomic E-state index is -0.211. The Balaban J connectivity index is 1.50. The van der Waals surface area contributed by atoms with Crippen LogP contribution in [0.1, 0.15) is 41.3 Å². The number of carbonyl (C=O) groups is 2. The van der Waals surface area contributed by atoms with Crippen LogP contribution < -0.4 is 9.47 Å². The smallest absolute Gasteiger partial charge is 0.314 e. The average Bonchev–Trinajstić information content (AvgIpc) is 3.44. The zero-order valence-electron chi connectivity index (χ0n) is 16.4. The fourth-order valence-corrected chi connectivity index (χ4v) is 3.85. The van der Waals surface area contributed by atoms with Crippen LogP contribution in [0.3, 0.4) is 0 Å². The van der Waals surface area contributed by atoms with Gasteiger partial charge in [0.1, 0.15) is 11.5 Å². The highest BCUT2D eigenvalue weighted by Gasteiger charge is 2.33. The molecule has 0 saturated heterocycles. The van der Waals surface area contributed by atoms with Crippen molar-refractivity contribution in [2.45, 2.75) is 33.2 Å². The number of carbonyl (C=O) groups excluding carboxylic acids is 2. The quantitative estimate of drug-likeness (QED) is 0.363. The van der Waals surface area contributed by atoms with Crippen LogP contribution in [0.2, 0.25) is 0 Å². The summed E-state index contributed by atoms with van der Waals surface area (Å²) < 4.78 is 13.5. The predicted molar refractivity (Wildman–Crippen MR) is 110 cm³/mol. The molecule has 1 aliphatic heterocycles. The number of nitrogens with zero attached hydrogens (tertiary/aromatic N) is 1. The number of ether oxygens (including phenoxy) is 2. The molecule has 0 N–H and O–H groups in total. The SMILES string of the molecule is CCn1cc(/C=C2\Oc3cc(OC(=O)C4CC4)cc(C)c3C2=O)c2ccccc21. The second-order valence-electron chi connectivity index (χ2n) is 7.64. The van der Waals surface area contributed by atoms with Gasteiger partial charge in [0.2, 0.25) is 5.78 Å². The lowest BCUT2D eigenvalue weighted by atomic mass is 10.0. The Morgan fingerprint density at radius 3 is 2.83 bits per heavy atom. The van der Waals surface area contributed by atoms with Crippen LogP contribution in [-0.2, 0) is 11.3 Å². The number of allylic oxidation sites excluding steroid dienone is 1. The molecule has 1 aromatic heterocycles. The number of aromatic nitrogens is 1. The highest BCUT2D eigenvalue weighted by Crippen LogP contribution is 2.39. The summed E-state index contributed by atoms with van der Waals surface area (Å²) in [5.41, 5.74) is 3.33. The molecule has 0 unspecified atom stereocenters. The van der Waals surface area contributed by atoms with Gasteiger partial charge in [-0.3, -0.25) is 9.59 Å². The molecule has 2 heterocycles. The van der Waals surface area contributed by atoms with Crippen molar-refractivity contribution >= 4 is 28.7 Å². The molecule has 0 bridgehead atoms. The van der Waals surface area contributed by atoms with E-state index in [1.54, 1.807) is 18.2 Å². The molecule has 3 aromatic rings. The second-order valence-corrected chi connectivity index (χ2v) is 7.64. The third kappa shape index (κ3) is 3.03. The lowest BCUT2D eigenvalue weighted by molar-refractivity contribution is -0.135. The minimum absolute atomic E-state index is 0.0115. The van der Waals surface area contributed by atoms with Crippen LogP contribution in [0.25, 0.3) is 17.0 Å². The predicted octanol–water partition coefficient (Wildman–Crippen LogP) is 4.90. The zero-order chi connectivity index (χ0) is 20.1. The van der Waals surface area contributed by atoms with Crippen LogP contribution in [0.4, 0.5) is 0 Å². The standard InChI is InChI=1S/C24H21NO4/c1-3-25-13-16(18-6-4-5-7-19(18)25)11-21-23(26)22-14(2)10-17(12-20(22)29-21)28-24(27)15-8-9-15/h4-7,10-13,15H,3,8-9H2,1-2H3/b21-11-. The Bertz CT molecular complexity index is 1200. The van der Waals surface area contributed by atoms with Gasteiger partial charge in [0.15, 0.2) is 5.76 Å². The van der Waals surface area contributed by atoms with Crippen LogP contribution in [-0.4, -0.2) is 16.3 Å². The van der Waals surface area contributed by atoms with Crippen molar-refractivity contribution in [3.05, 3.63) is 65.0 Å². The third-order valence-electron chi connectivity index (χ3n) is 5.52. The minimum Gasteiger partial charge on any atom is -0.452 e. The van der Waals surface area contributed by atoms with Gasteiger partial charge in [-0.1, -0.05) is 18.2 Å². The first-order valence-electron chi connectivity index (χ1n) is 9.93. The van der Waals surface area contributed by atoms with Gasteiger partial charge in [-0.2, -0.15) is 0 Å². The fourth-order valence-electron chi connectivity index (χ4n) is 3.85. The number of fused-ring (bicyclic) bond motifs is 2. The molecular formula is C24H21NO4. The first-order valence-corrected chi connectivity index (χ1v) is 9.93. The highest BCUT2D eigenvalue weighted by molar-refractivity contribution is 6.16. The Morgan fingerprint density at radius 2 is 2.07 bits per heavy atom. The second kappa shape index (κ2) is 6.62. The summed E-state index contributed by atoms with van der Waals surface area (Å²) in [5, 5.41) is 1.07. The first kappa shape index (κ1) is 17.7. The maximum Gasteiger partial charge on any atom is 0.314 e. The van der Waals surface area contributed by atoms with E-state index < -0.39 is 0 Å². The van der Waals surface area contributed by atoms with E-state index in [4.69, 9.17) is 9.47 Å². The number of Topliss-reactive ketones (excluding diaryl/α,β-unsaturated/α-hetero) is 1. The van der Waals surface area contributed by atoms with E-state index in [0.717, 1.165) is 41.4 Å². The van der Waals surface area contributed by atoms with Gasteiger partial charge < -0.3 is 14.0 Å². The van der Waals surface area contributed by atoms with Gasteiger partial charge >= 0.3 is 5.97 Å². The third-order valence-corrected chi connectivity index (χ3v) is 5.52.